The molecular formula is C7H7F3N2O4. The van der Waals surface area contributed by atoms with E-state index in [9.17, 15) is 27.6 Å². The third-order valence-electron chi connectivity index (χ3n) is 1.90. The van der Waals surface area contributed by atoms with Crippen molar-refractivity contribution in [3.05, 3.63) is 0 Å². The van der Waals surface area contributed by atoms with E-state index in [0.717, 1.165) is 0 Å². The minimum absolute atomic E-state index is 0.164. The number of hydrogen-bond acceptors (Lipinski definition) is 3. The molecule has 0 aromatic carbocycles. The van der Waals surface area contributed by atoms with Crippen molar-refractivity contribution in [2.75, 3.05) is 13.1 Å². The van der Waals surface area contributed by atoms with E-state index in [1.54, 1.807) is 0 Å². The van der Waals surface area contributed by atoms with E-state index in [1.165, 1.54) is 0 Å². The predicted molar refractivity (Wildman–Crippen MR) is 42.2 cm³/mol. The fraction of sp³-hybridized carbons (Fsp3) is 0.571. The van der Waals surface area contributed by atoms with Gasteiger partial charge in [-0.3, -0.25) is 9.59 Å². The molecule has 0 unspecified atom stereocenters. The Kier molecular flexibility index (Phi) is 3.06. The standard InChI is InChI=1S/C7H7F3N2O4/c8-7(9,10)6(16)12-1-3(5(14)15)11-4(13)2-12/h3H,1-2H2,(H,11,13)(H,14,15)/t3-/m0/s1. The van der Waals surface area contributed by atoms with E-state index in [2.05, 4.69) is 0 Å². The summed E-state index contributed by atoms with van der Waals surface area (Å²) >= 11 is 0. The van der Waals surface area contributed by atoms with Gasteiger partial charge in [-0.1, -0.05) is 0 Å². The second kappa shape index (κ2) is 3.99. The van der Waals surface area contributed by atoms with Crippen LogP contribution in [0.15, 0.2) is 0 Å². The molecule has 2 N–H and O–H groups in total. The molecule has 0 aromatic rings. The number of nitrogens with one attached hydrogen (secondary N) is 1. The molecular weight excluding hydrogens is 233 g/mol. The van der Waals surface area contributed by atoms with Crippen LogP contribution < -0.4 is 5.32 Å². The van der Waals surface area contributed by atoms with Gasteiger partial charge in [-0.15, -0.1) is 0 Å². The van der Waals surface area contributed by atoms with Crippen LogP contribution in [0.25, 0.3) is 0 Å². The molecule has 0 aromatic heterocycles. The van der Waals surface area contributed by atoms with Crippen molar-refractivity contribution in [1.82, 2.24) is 10.2 Å². The van der Waals surface area contributed by atoms with Gasteiger partial charge in [0.15, 0.2) is 0 Å². The van der Waals surface area contributed by atoms with Crippen LogP contribution in [0.1, 0.15) is 0 Å². The Hall–Kier alpha value is -1.80. The molecule has 1 saturated heterocycles. The van der Waals surface area contributed by atoms with Crippen molar-refractivity contribution in [1.29, 1.82) is 0 Å². The van der Waals surface area contributed by atoms with Crippen LogP contribution in [0.3, 0.4) is 0 Å². The fourth-order valence-corrected chi connectivity index (χ4v) is 1.22. The maximum atomic E-state index is 12.0. The third-order valence-corrected chi connectivity index (χ3v) is 1.90. The lowest BCUT2D eigenvalue weighted by molar-refractivity contribution is -0.187. The first-order valence-electron chi connectivity index (χ1n) is 4.10. The molecule has 0 saturated carbocycles. The molecule has 2 amide bonds. The van der Waals surface area contributed by atoms with Crippen molar-refractivity contribution < 1.29 is 32.7 Å². The second-order valence-electron chi connectivity index (χ2n) is 3.14. The fourth-order valence-electron chi connectivity index (χ4n) is 1.22. The zero-order chi connectivity index (χ0) is 12.5. The van der Waals surface area contributed by atoms with Gasteiger partial charge in [0, 0.05) is 0 Å². The first-order chi connectivity index (χ1) is 7.21. The first-order valence-corrected chi connectivity index (χ1v) is 4.10. The average Bonchev–Trinajstić information content (AvgIpc) is 2.14. The quantitative estimate of drug-likeness (QED) is 0.613. The number of carboxylic acid groups (broad SMARTS) is 1. The molecule has 1 fully saturated rings. The number of halogens is 3. The minimum Gasteiger partial charge on any atom is -0.480 e. The summed E-state index contributed by atoms with van der Waals surface area (Å²) in [6, 6.07) is -1.51. The smallest absolute Gasteiger partial charge is 0.471 e. The van der Waals surface area contributed by atoms with E-state index in [-0.39, 0.29) is 4.90 Å². The number of piperazine rings is 1. The highest BCUT2D eigenvalue weighted by atomic mass is 19.4. The molecule has 9 heteroatoms. The van der Waals surface area contributed by atoms with E-state index in [4.69, 9.17) is 5.11 Å². The lowest BCUT2D eigenvalue weighted by Gasteiger charge is -2.31. The Morgan fingerprint density at radius 3 is 2.44 bits per heavy atom. The zero-order valence-corrected chi connectivity index (χ0v) is 7.74. The largest absolute Gasteiger partial charge is 0.480 e. The lowest BCUT2D eigenvalue weighted by atomic mass is 10.2. The Balaban J connectivity index is 2.79. The molecule has 1 heterocycles. The van der Waals surface area contributed by atoms with Gasteiger partial charge in [-0.05, 0) is 0 Å². The van der Waals surface area contributed by atoms with E-state index in [0.29, 0.717) is 0 Å². The molecule has 0 radical (unpaired) electrons. The van der Waals surface area contributed by atoms with Crippen LogP contribution in [0.4, 0.5) is 13.2 Å². The lowest BCUT2D eigenvalue weighted by Crippen LogP contribution is -2.60. The van der Waals surface area contributed by atoms with Crippen molar-refractivity contribution in [2.24, 2.45) is 0 Å². The summed E-state index contributed by atoms with van der Waals surface area (Å²) in [4.78, 5) is 32.3. The molecule has 6 nitrogen and oxygen atoms in total. The maximum Gasteiger partial charge on any atom is 0.471 e. The first kappa shape index (κ1) is 12.3. The number of carbonyl (C=O) groups is 3. The monoisotopic (exact) mass is 240 g/mol. The summed E-state index contributed by atoms with van der Waals surface area (Å²) in [6.07, 6.45) is -5.11. The Labute approximate surface area is 87.0 Å². The van der Waals surface area contributed by atoms with Crippen molar-refractivity contribution in [3.8, 4) is 0 Å². The molecule has 16 heavy (non-hydrogen) atoms. The zero-order valence-electron chi connectivity index (χ0n) is 7.74. The Morgan fingerprint density at radius 1 is 1.44 bits per heavy atom. The summed E-state index contributed by atoms with van der Waals surface area (Å²) in [6.45, 7) is -1.48. The molecule has 0 bridgehead atoms. The Morgan fingerprint density at radius 2 is 2.00 bits per heavy atom. The molecule has 1 aliphatic rings. The van der Waals surface area contributed by atoms with Crippen LogP contribution in [-0.2, 0) is 14.4 Å². The molecule has 1 aliphatic heterocycles. The van der Waals surface area contributed by atoms with Gasteiger partial charge in [0.25, 0.3) is 0 Å². The molecule has 0 spiro atoms. The number of hydrogen-bond donors (Lipinski definition) is 2. The Bertz CT molecular complexity index is 341. The topological polar surface area (TPSA) is 86.7 Å². The molecule has 0 aliphatic carbocycles. The number of carboxylic acids is 1. The molecule has 1 rings (SSSR count). The maximum absolute atomic E-state index is 12.0. The number of rotatable bonds is 1. The average molecular weight is 240 g/mol. The second-order valence-corrected chi connectivity index (χ2v) is 3.14. The van der Waals surface area contributed by atoms with E-state index < -0.39 is 43.1 Å². The van der Waals surface area contributed by atoms with Crippen molar-refractivity contribution in [2.45, 2.75) is 12.2 Å². The number of alkyl halides is 3. The van der Waals surface area contributed by atoms with Gasteiger partial charge in [-0.2, -0.15) is 13.2 Å². The van der Waals surface area contributed by atoms with Gasteiger partial charge in [0.2, 0.25) is 5.91 Å². The highest BCUT2D eigenvalue weighted by molar-refractivity contribution is 5.92. The van der Waals surface area contributed by atoms with Gasteiger partial charge >= 0.3 is 18.1 Å². The summed E-state index contributed by atoms with van der Waals surface area (Å²) in [5.74, 6) is -4.64. The van der Waals surface area contributed by atoms with Crippen molar-refractivity contribution >= 4 is 17.8 Å². The number of amides is 2. The highest BCUT2D eigenvalue weighted by Crippen LogP contribution is 2.19. The van der Waals surface area contributed by atoms with Crippen molar-refractivity contribution in [3.63, 3.8) is 0 Å². The van der Waals surface area contributed by atoms with E-state index >= 15 is 0 Å². The van der Waals surface area contributed by atoms with Gasteiger partial charge < -0.3 is 15.3 Å². The highest BCUT2D eigenvalue weighted by Gasteiger charge is 2.45. The minimum atomic E-state index is -5.11. The van der Waals surface area contributed by atoms with Crippen LogP contribution in [-0.4, -0.2) is 53.1 Å². The normalized spacial score (nSPS) is 21.6. The van der Waals surface area contributed by atoms with Gasteiger partial charge in [-0.25, -0.2) is 4.79 Å². The third kappa shape index (κ3) is 2.61. The molecule has 90 valence electrons. The summed E-state index contributed by atoms with van der Waals surface area (Å²) in [5.41, 5.74) is 0. The van der Waals surface area contributed by atoms with Crippen LogP contribution in [0.5, 0.6) is 0 Å². The summed E-state index contributed by atoms with van der Waals surface area (Å²) < 4.78 is 36.1. The van der Waals surface area contributed by atoms with Crippen LogP contribution >= 0.6 is 0 Å². The summed E-state index contributed by atoms with van der Waals surface area (Å²) in [7, 11) is 0. The number of carbonyl (C=O) groups excluding carboxylic acids is 2. The molecule has 1 atom stereocenters. The van der Waals surface area contributed by atoms with E-state index in [1.807, 2.05) is 5.32 Å². The SMILES string of the molecule is O=C1CN(C(=O)C(F)(F)F)C[C@@H](C(=O)O)N1. The number of aliphatic carboxylic acids is 1. The predicted octanol–water partition coefficient (Wildman–Crippen LogP) is -1.04. The van der Waals surface area contributed by atoms with Gasteiger partial charge in [0.05, 0.1) is 13.1 Å². The van der Waals surface area contributed by atoms with Crippen LogP contribution in [0, 0.1) is 0 Å². The van der Waals surface area contributed by atoms with Crippen LogP contribution in [0.2, 0.25) is 0 Å². The number of nitrogens with zero attached hydrogens (tertiary/aromatic N) is 1. The van der Waals surface area contributed by atoms with Gasteiger partial charge in [0.1, 0.15) is 6.04 Å². The summed E-state index contributed by atoms with van der Waals surface area (Å²) in [5, 5.41) is 10.5.